The lowest BCUT2D eigenvalue weighted by Gasteiger charge is -2.25. The number of likely N-dealkylation sites (tertiary alicyclic amines) is 1. The molecule has 1 aromatic carbocycles. The van der Waals surface area contributed by atoms with Crippen molar-refractivity contribution >= 4 is 6.03 Å². The van der Waals surface area contributed by atoms with Gasteiger partial charge < -0.3 is 14.8 Å². The maximum atomic E-state index is 12.7. The number of amides is 2. The second kappa shape index (κ2) is 7.48. The number of carbonyl (C=O) groups is 1. The monoisotopic (exact) mass is 353 g/mol. The number of nitrogens with one attached hydrogen (secondary N) is 1. The molecule has 6 heteroatoms. The third-order valence-corrected chi connectivity index (χ3v) is 5.56. The van der Waals surface area contributed by atoms with Crippen molar-refractivity contribution in [3.63, 3.8) is 0 Å². The molecule has 138 valence electrons. The van der Waals surface area contributed by atoms with Gasteiger partial charge in [0, 0.05) is 25.6 Å². The number of aryl methyl sites for hydroxylation is 2. The number of benzene rings is 1. The largest absolute Gasteiger partial charge is 0.331 e. The van der Waals surface area contributed by atoms with E-state index in [1.165, 1.54) is 17.5 Å². The van der Waals surface area contributed by atoms with Crippen LogP contribution < -0.4 is 5.32 Å². The molecule has 1 aromatic heterocycles. The lowest BCUT2D eigenvalue weighted by Crippen LogP contribution is -2.43. The van der Waals surface area contributed by atoms with E-state index in [1.54, 1.807) is 0 Å². The molecule has 1 fully saturated rings. The van der Waals surface area contributed by atoms with Crippen molar-refractivity contribution < 1.29 is 4.79 Å². The molecule has 0 saturated carbocycles. The van der Waals surface area contributed by atoms with Gasteiger partial charge in [0.1, 0.15) is 5.82 Å². The SMILES string of the molecule is Cc1ccc(CC2CCCN2C(=O)NCc2nnc3n2CCCC3)cc1. The van der Waals surface area contributed by atoms with Crippen molar-refractivity contribution in [2.75, 3.05) is 6.54 Å². The first-order valence-electron chi connectivity index (χ1n) is 9.71. The van der Waals surface area contributed by atoms with Crippen LogP contribution in [0.1, 0.15) is 48.5 Å². The van der Waals surface area contributed by atoms with Gasteiger partial charge in [-0.25, -0.2) is 4.79 Å². The van der Waals surface area contributed by atoms with Crippen LogP contribution in [0.2, 0.25) is 0 Å². The third kappa shape index (κ3) is 3.59. The quantitative estimate of drug-likeness (QED) is 0.919. The first-order valence-corrected chi connectivity index (χ1v) is 9.71. The Morgan fingerprint density at radius 1 is 1.15 bits per heavy atom. The number of fused-ring (bicyclic) bond motifs is 1. The van der Waals surface area contributed by atoms with E-state index in [0.717, 1.165) is 56.8 Å². The van der Waals surface area contributed by atoms with Gasteiger partial charge in [-0.1, -0.05) is 29.8 Å². The van der Waals surface area contributed by atoms with E-state index < -0.39 is 0 Å². The molecule has 2 aliphatic heterocycles. The molecule has 4 rings (SSSR count). The van der Waals surface area contributed by atoms with Gasteiger partial charge in [0.15, 0.2) is 5.82 Å². The van der Waals surface area contributed by atoms with Gasteiger partial charge in [0.2, 0.25) is 0 Å². The summed E-state index contributed by atoms with van der Waals surface area (Å²) in [6.45, 7) is 4.36. The highest BCUT2D eigenvalue weighted by atomic mass is 16.2. The van der Waals surface area contributed by atoms with Crippen molar-refractivity contribution in [1.29, 1.82) is 0 Å². The summed E-state index contributed by atoms with van der Waals surface area (Å²) in [5.74, 6) is 1.93. The summed E-state index contributed by atoms with van der Waals surface area (Å²) in [5, 5.41) is 11.6. The molecular formula is C20H27N5O. The van der Waals surface area contributed by atoms with Gasteiger partial charge >= 0.3 is 6.03 Å². The molecule has 0 aliphatic carbocycles. The molecular weight excluding hydrogens is 326 g/mol. The molecule has 1 N–H and O–H groups in total. The van der Waals surface area contributed by atoms with Crippen LogP contribution >= 0.6 is 0 Å². The highest BCUT2D eigenvalue weighted by molar-refractivity contribution is 5.74. The number of aromatic nitrogens is 3. The summed E-state index contributed by atoms with van der Waals surface area (Å²) in [7, 11) is 0. The first-order chi connectivity index (χ1) is 12.7. The van der Waals surface area contributed by atoms with Crippen LogP contribution in [0.4, 0.5) is 4.79 Å². The number of urea groups is 1. The predicted molar refractivity (Wildman–Crippen MR) is 99.8 cm³/mol. The number of nitrogens with zero attached hydrogens (tertiary/aromatic N) is 4. The Morgan fingerprint density at radius 2 is 2.00 bits per heavy atom. The highest BCUT2D eigenvalue weighted by Gasteiger charge is 2.29. The zero-order chi connectivity index (χ0) is 17.9. The second-order valence-electron chi connectivity index (χ2n) is 7.48. The smallest absolute Gasteiger partial charge is 0.318 e. The Bertz CT molecular complexity index is 767. The number of hydrogen-bond acceptors (Lipinski definition) is 3. The molecule has 1 unspecified atom stereocenters. The van der Waals surface area contributed by atoms with E-state index in [0.29, 0.717) is 6.54 Å². The van der Waals surface area contributed by atoms with Gasteiger partial charge in [-0.2, -0.15) is 0 Å². The van der Waals surface area contributed by atoms with Crippen LogP contribution in [0.5, 0.6) is 0 Å². The fourth-order valence-electron chi connectivity index (χ4n) is 4.07. The van der Waals surface area contributed by atoms with Crippen molar-refractivity contribution in [2.45, 2.75) is 64.6 Å². The Balaban J connectivity index is 1.36. The summed E-state index contributed by atoms with van der Waals surface area (Å²) < 4.78 is 2.16. The highest BCUT2D eigenvalue weighted by Crippen LogP contribution is 2.22. The van der Waals surface area contributed by atoms with Crippen LogP contribution in [-0.2, 0) is 25.9 Å². The Kier molecular flexibility index (Phi) is 4.91. The van der Waals surface area contributed by atoms with Crippen molar-refractivity contribution in [3.8, 4) is 0 Å². The van der Waals surface area contributed by atoms with Crippen LogP contribution in [-0.4, -0.2) is 38.3 Å². The van der Waals surface area contributed by atoms with E-state index in [4.69, 9.17) is 0 Å². The Morgan fingerprint density at radius 3 is 2.85 bits per heavy atom. The van der Waals surface area contributed by atoms with Crippen LogP contribution in [0.25, 0.3) is 0 Å². The molecule has 1 atom stereocenters. The second-order valence-corrected chi connectivity index (χ2v) is 7.48. The topological polar surface area (TPSA) is 63.1 Å². The zero-order valence-corrected chi connectivity index (χ0v) is 15.4. The molecule has 3 heterocycles. The van der Waals surface area contributed by atoms with E-state index in [2.05, 4.69) is 51.3 Å². The van der Waals surface area contributed by atoms with Gasteiger partial charge in [-0.15, -0.1) is 10.2 Å². The average Bonchev–Trinajstić information content (AvgIpc) is 3.29. The van der Waals surface area contributed by atoms with Gasteiger partial charge in [-0.3, -0.25) is 0 Å². The lowest BCUT2D eigenvalue weighted by atomic mass is 10.0. The Hall–Kier alpha value is -2.37. The first kappa shape index (κ1) is 17.1. The Labute approximate surface area is 154 Å². The minimum atomic E-state index is 0.0211. The number of carbonyl (C=O) groups excluding carboxylic acids is 1. The summed E-state index contributed by atoms with van der Waals surface area (Å²) in [6, 6.07) is 8.93. The summed E-state index contributed by atoms with van der Waals surface area (Å²) in [6.07, 6.45) is 6.40. The standard InChI is InChI=1S/C20H27N5O/c1-15-7-9-16(10-8-15)13-17-5-4-12-24(17)20(26)21-14-19-23-22-18-6-2-3-11-25(18)19/h7-10,17H,2-6,11-14H2,1H3,(H,21,26). The van der Waals surface area contributed by atoms with Crippen molar-refractivity contribution in [3.05, 3.63) is 47.0 Å². The van der Waals surface area contributed by atoms with E-state index in [9.17, 15) is 4.79 Å². The maximum absolute atomic E-state index is 12.7. The van der Waals surface area contributed by atoms with E-state index >= 15 is 0 Å². The number of rotatable bonds is 4. The molecule has 0 spiro atoms. The molecule has 2 amide bonds. The molecule has 2 aromatic rings. The molecule has 26 heavy (non-hydrogen) atoms. The van der Waals surface area contributed by atoms with Gasteiger partial charge in [-0.05, 0) is 44.6 Å². The molecule has 0 bridgehead atoms. The molecule has 6 nitrogen and oxygen atoms in total. The number of hydrogen-bond donors (Lipinski definition) is 1. The predicted octanol–water partition coefficient (Wildman–Crippen LogP) is 2.84. The van der Waals surface area contributed by atoms with Crippen LogP contribution in [0.15, 0.2) is 24.3 Å². The van der Waals surface area contributed by atoms with Gasteiger partial charge in [0.05, 0.1) is 6.54 Å². The zero-order valence-electron chi connectivity index (χ0n) is 15.4. The summed E-state index contributed by atoms with van der Waals surface area (Å²) in [4.78, 5) is 14.7. The normalized spacial score (nSPS) is 19.4. The van der Waals surface area contributed by atoms with Crippen LogP contribution in [0, 0.1) is 6.92 Å². The fraction of sp³-hybridized carbons (Fsp3) is 0.550. The maximum Gasteiger partial charge on any atom is 0.318 e. The average molecular weight is 353 g/mol. The lowest BCUT2D eigenvalue weighted by molar-refractivity contribution is 0.191. The van der Waals surface area contributed by atoms with Gasteiger partial charge in [0.25, 0.3) is 0 Å². The third-order valence-electron chi connectivity index (χ3n) is 5.56. The fourth-order valence-corrected chi connectivity index (χ4v) is 4.07. The molecule has 0 radical (unpaired) electrons. The van der Waals surface area contributed by atoms with E-state index in [-0.39, 0.29) is 12.1 Å². The molecule has 1 saturated heterocycles. The molecule has 2 aliphatic rings. The minimum Gasteiger partial charge on any atom is -0.331 e. The summed E-state index contributed by atoms with van der Waals surface area (Å²) >= 11 is 0. The van der Waals surface area contributed by atoms with Crippen molar-refractivity contribution in [1.82, 2.24) is 25.0 Å². The van der Waals surface area contributed by atoms with Crippen molar-refractivity contribution in [2.24, 2.45) is 0 Å². The minimum absolute atomic E-state index is 0.0211. The van der Waals surface area contributed by atoms with Crippen LogP contribution in [0.3, 0.4) is 0 Å². The summed E-state index contributed by atoms with van der Waals surface area (Å²) in [5.41, 5.74) is 2.57. The van der Waals surface area contributed by atoms with E-state index in [1.807, 2.05) is 4.90 Å².